The van der Waals surface area contributed by atoms with Crippen LogP contribution in [0, 0.1) is 6.92 Å². The molecule has 0 aliphatic carbocycles. The van der Waals surface area contributed by atoms with Gasteiger partial charge in [-0.05, 0) is 31.0 Å². The number of aryl methyl sites for hydroxylation is 1. The summed E-state index contributed by atoms with van der Waals surface area (Å²) >= 11 is 0. The van der Waals surface area contributed by atoms with E-state index >= 15 is 0 Å². The third-order valence-corrected chi connectivity index (χ3v) is 2.48. The van der Waals surface area contributed by atoms with E-state index in [9.17, 15) is 9.59 Å². The minimum absolute atomic E-state index is 0.440. The van der Waals surface area contributed by atoms with Crippen molar-refractivity contribution in [2.75, 3.05) is 17.6 Å². The summed E-state index contributed by atoms with van der Waals surface area (Å²) in [6.45, 7) is 4.40. The van der Waals surface area contributed by atoms with Gasteiger partial charge in [-0.3, -0.25) is 9.59 Å². The van der Waals surface area contributed by atoms with Gasteiger partial charge in [-0.15, -0.1) is 0 Å². The molecule has 0 bridgehead atoms. The zero-order valence-electron chi connectivity index (χ0n) is 10.7. The van der Waals surface area contributed by atoms with Crippen LogP contribution >= 0.6 is 0 Å². The highest BCUT2D eigenvalue weighted by Crippen LogP contribution is 2.19. The van der Waals surface area contributed by atoms with Gasteiger partial charge in [0.1, 0.15) is 0 Å². The SMILES string of the molecule is CCCCNC(=O)C(=O)Nc1cc(C)ccc1N. The first kappa shape index (κ1) is 14.0. The molecule has 0 aliphatic rings. The van der Waals surface area contributed by atoms with E-state index in [1.807, 2.05) is 19.9 Å². The molecule has 0 unspecified atom stereocenters. The molecule has 1 aromatic rings. The zero-order chi connectivity index (χ0) is 13.5. The Bertz CT molecular complexity index is 444. The van der Waals surface area contributed by atoms with E-state index in [1.165, 1.54) is 0 Å². The van der Waals surface area contributed by atoms with E-state index in [1.54, 1.807) is 12.1 Å². The van der Waals surface area contributed by atoms with Crippen LogP contribution < -0.4 is 16.4 Å². The average Bonchev–Trinajstić information content (AvgIpc) is 2.34. The second-order valence-electron chi connectivity index (χ2n) is 4.15. The van der Waals surface area contributed by atoms with E-state index in [0.29, 0.717) is 17.9 Å². The summed E-state index contributed by atoms with van der Waals surface area (Å²) in [6.07, 6.45) is 1.82. The molecule has 2 amide bonds. The van der Waals surface area contributed by atoms with E-state index < -0.39 is 11.8 Å². The molecule has 0 saturated heterocycles. The van der Waals surface area contributed by atoms with Crippen LogP contribution in [-0.2, 0) is 9.59 Å². The third kappa shape index (κ3) is 4.08. The minimum Gasteiger partial charge on any atom is -0.397 e. The number of amides is 2. The van der Waals surface area contributed by atoms with Crippen molar-refractivity contribution < 1.29 is 9.59 Å². The molecule has 0 atom stereocenters. The van der Waals surface area contributed by atoms with Gasteiger partial charge in [-0.2, -0.15) is 0 Å². The molecule has 1 aromatic carbocycles. The van der Waals surface area contributed by atoms with Gasteiger partial charge >= 0.3 is 11.8 Å². The van der Waals surface area contributed by atoms with Crippen molar-refractivity contribution in [2.24, 2.45) is 0 Å². The lowest BCUT2D eigenvalue weighted by molar-refractivity contribution is -0.136. The first-order valence-electron chi connectivity index (χ1n) is 6.00. The Morgan fingerprint density at radius 3 is 2.67 bits per heavy atom. The van der Waals surface area contributed by atoms with E-state index in [2.05, 4.69) is 10.6 Å². The highest BCUT2D eigenvalue weighted by Gasteiger charge is 2.14. The van der Waals surface area contributed by atoms with Gasteiger partial charge in [-0.1, -0.05) is 19.4 Å². The van der Waals surface area contributed by atoms with Gasteiger partial charge in [0.2, 0.25) is 0 Å². The van der Waals surface area contributed by atoms with Crippen molar-refractivity contribution in [3.8, 4) is 0 Å². The van der Waals surface area contributed by atoms with Crippen molar-refractivity contribution >= 4 is 23.2 Å². The van der Waals surface area contributed by atoms with E-state index in [4.69, 9.17) is 5.73 Å². The second kappa shape index (κ2) is 6.64. The van der Waals surface area contributed by atoms with Gasteiger partial charge in [0.15, 0.2) is 0 Å². The summed E-state index contributed by atoms with van der Waals surface area (Å²) in [7, 11) is 0. The minimum atomic E-state index is -0.691. The molecular formula is C13H19N3O2. The molecule has 4 N–H and O–H groups in total. The summed E-state index contributed by atoms with van der Waals surface area (Å²) in [5.74, 6) is -1.33. The van der Waals surface area contributed by atoms with Crippen LogP contribution in [0.2, 0.25) is 0 Å². The Morgan fingerprint density at radius 1 is 1.28 bits per heavy atom. The molecule has 0 heterocycles. The first-order valence-corrected chi connectivity index (χ1v) is 6.00. The first-order chi connectivity index (χ1) is 8.54. The quantitative estimate of drug-likeness (QED) is 0.429. The number of nitrogens with one attached hydrogen (secondary N) is 2. The molecule has 0 aromatic heterocycles. The molecule has 18 heavy (non-hydrogen) atoms. The standard InChI is InChI=1S/C13H19N3O2/c1-3-4-7-15-12(17)13(18)16-11-8-9(2)5-6-10(11)14/h5-6,8H,3-4,7,14H2,1-2H3,(H,15,17)(H,16,18). The Hall–Kier alpha value is -2.04. The van der Waals surface area contributed by atoms with Gasteiger partial charge in [0, 0.05) is 6.54 Å². The maximum atomic E-state index is 11.6. The van der Waals surface area contributed by atoms with Crippen molar-refractivity contribution in [1.29, 1.82) is 0 Å². The lowest BCUT2D eigenvalue weighted by atomic mass is 10.2. The molecule has 1 rings (SSSR count). The summed E-state index contributed by atoms with van der Waals surface area (Å²) in [6, 6.07) is 5.26. The maximum Gasteiger partial charge on any atom is 0.313 e. The number of carbonyl (C=O) groups excluding carboxylic acids is 2. The predicted octanol–water partition coefficient (Wildman–Crippen LogP) is 1.43. The summed E-state index contributed by atoms with van der Waals surface area (Å²) in [5, 5.41) is 5.05. The van der Waals surface area contributed by atoms with Gasteiger partial charge in [0.25, 0.3) is 0 Å². The largest absolute Gasteiger partial charge is 0.397 e. The fourth-order valence-corrected chi connectivity index (χ4v) is 1.42. The zero-order valence-corrected chi connectivity index (χ0v) is 10.7. The van der Waals surface area contributed by atoms with Crippen LogP contribution in [-0.4, -0.2) is 18.4 Å². The number of hydrogen-bond acceptors (Lipinski definition) is 3. The number of rotatable bonds is 4. The van der Waals surface area contributed by atoms with Gasteiger partial charge < -0.3 is 16.4 Å². The number of anilines is 2. The lowest BCUT2D eigenvalue weighted by Gasteiger charge is -2.09. The van der Waals surface area contributed by atoms with Crippen molar-refractivity contribution in [3.63, 3.8) is 0 Å². The number of carbonyl (C=O) groups is 2. The normalized spacial score (nSPS) is 9.89. The van der Waals surface area contributed by atoms with Crippen molar-refractivity contribution in [1.82, 2.24) is 5.32 Å². The van der Waals surface area contributed by atoms with Crippen LogP contribution in [0.5, 0.6) is 0 Å². The molecule has 5 nitrogen and oxygen atoms in total. The highest BCUT2D eigenvalue weighted by molar-refractivity contribution is 6.39. The van der Waals surface area contributed by atoms with Crippen molar-refractivity contribution in [2.45, 2.75) is 26.7 Å². The molecule has 0 radical (unpaired) electrons. The fourth-order valence-electron chi connectivity index (χ4n) is 1.42. The predicted molar refractivity (Wildman–Crippen MR) is 72.1 cm³/mol. The third-order valence-electron chi connectivity index (χ3n) is 2.48. The van der Waals surface area contributed by atoms with Crippen LogP contribution in [0.1, 0.15) is 25.3 Å². The van der Waals surface area contributed by atoms with E-state index in [0.717, 1.165) is 18.4 Å². The molecule has 0 aliphatic heterocycles. The van der Waals surface area contributed by atoms with Crippen molar-refractivity contribution in [3.05, 3.63) is 23.8 Å². The Labute approximate surface area is 107 Å². The number of benzene rings is 1. The number of hydrogen-bond donors (Lipinski definition) is 3. The maximum absolute atomic E-state index is 11.6. The number of unbranched alkanes of at least 4 members (excludes halogenated alkanes) is 1. The second-order valence-corrected chi connectivity index (χ2v) is 4.15. The highest BCUT2D eigenvalue weighted by atomic mass is 16.2. The smallest absolute Gasteiger partial charge is 0.313 e. The van der Waals surface area contributed by atoms with Crippen LogP contribution in [0.15, 0.2) is 18.2 Å². The number of nitrogens with two attached hydrogens (primary N) is 1. The molecule has 98 valence electrons. The Kier molecular flexibility index (Phi) is 5.17. The monoisotopic (exact) mass is 249 g/mol. The molecule has 0 fully saturated rings. The summed E-state index contributed by atoms with van der Waals surface area (Å²) in [5.41, 5.74) is 7.58. The average molecular weight is 249 g/mol. The van der Waals surface area contributed by atoms with Crippen LogP contribution in [0.3, 0.4) is 0 Å². The fraction of sp³-hybridized carbons (Fsp3) is 0.385. The Balaban J connectivity index is 2.58. The summed E-state index contributed by atoms with van der Waals surface area (Å²) < 4.78 is 0. The lowest BCUT2D eigenvalue weighted by Crippen LogP contribution is -2.36. The van der Waals surface area contributed by atoms with Gasteiger partial charge in [0.05, 0.1) is 11.4 Å². The molecule has 0 saturated carbocycles. The summed E-state index contributed by atoms with van der Waals surface area (Å²) in [4.78, 5) is 23.0. The number of nitrogen functional groups attached to an aromatic ring is 1. The van der Waals surface area contributed by atoms with E-state index in [-0.39, 0.29) is 0 Å². The van der Waals surface area contributed by atoms with Crippen LogP contribution in [0.4, 0.5) is 11.4 Å². The Morgan fingerprint density at radius 2 is 2.00 bits per heavy atom. The molecule has 0 spiro atoms. The van der Waals surface area contributed by atoms with Gasteiger partial charge in [-0.25, -0.2) is 0 Å². The van der Waals surface area contributed by atoms with Crippen LogP contribution in [0.25, 0.3) is 0 Å². The topological polar surface area (TPSA) is 84.2 Å². The molecular weight excluding hydrogens is 230 g/mol. The molecule has 5 heteroatoms.